The van der Waals surface area contributed by atoms with E-state index >= 15 is 0 Å². The first-order valence-electron chi connectivity index (χ1n) is 13.5. The van der Waals surface area contributed by atoms with Crippen LogP contribution < -0.4 is 26.0 Å². The molecule has 2 aromatic heterocycles. The van der Waals surface area contributed by atoms with Gasteiger partial charge >= 0.3 is 6.03 Å². The maximum Gasteiger partial charge on any atom is 0.331 e. The largest absolute Gasteiger partial charge is 0.457 e. The second kappa shape index (κ2) is 11.1. The van der Waals surface area contributed by atoms with Crippen LogP contribution in [0.2, 0.25) is 0 Å². The first kappa shape index (κ1) is 26.0. The van der Waals surface area contributed by atoms with E-state index < -0.39 is 0 Å². The van der Waals surface area contributed by atoms with Gasteiger partial charge in [0.05, 0.1) is 22.4 Å². The van der Waals surface area contributed by atoms with Gasteiger partial charge in [-0.1, -0.05) is 24.3 Å². The van der Waals surface area contributed by atoms with E-state index in [2.05, 4.69) is 15.6 Å². The van der Waals surface area contributed by atoms with Gasteiger partial charge in [0.1, 0.15) is 16.3 Å². The summed E-state index contributed by atoms with van der Waals surface area (Å²) < 4.78 is 6.00. The molecule has 1 aliphatic heterocycles. The maximum atomic E-state index is 13.6. The lowest BCUT2D eigenvalue weighted by molar-refractivity contribution is -0.117. The Balaban J connectivity index is 1.25. The van der Waals surface area contributed by atoms with Crippen molar-refractivity contribution in [3.05, 3.63) is 83.4 Å². The number of urea groups is 1. The van der Waals surface area contributed by atoms with E-state index in [0.717, 1.165) is 64.3 Å². The van der Waals surface area contributed by atoms with Crippen molar-refractivity contribution >= 4 is 50.6 Å². The minimum Gasteiger partial charge on any atom is -0.457 e. The zero-order valence-corrected chi connectivity index (χ0v) is 23.0. The second-order valence-electron chi connectivity index (χ2n) is 10.2. The molecule has 0 atom stereocenters. The van der Waals surface area contributed by atoms with Gasteiger partial charge in [-0.05, 0) is 80.5 Å². The van der Waals surface area contributed by atoms with Crippen molar-refractivity contribution in [2.45, 2.75) is 44.6 Å². The van der Waals surface area contributed by atoms with E-state index in [9.17, 15) is 9.59 Å². The molecule has 0 bridgehead atoms. The Bertz CT molecular complexity index is 1590. The predicted molar refractivity (Wildman–Crippen MR) is 160 cm³/mol. The molecule has 6 rings (SSSR count). The summed E-state index contributed by atoms with van der Waals surface area (Å²) in [5, 5.41) is 7.26. The highest BCUT2D eigenvalue weighted by Crippen LogP contribution is 2.51. The third-order valence-electron chi connectivity index (χ3n) is 7.51. The molecule has 8 nitrogen and oxygen atoms in total. The van der Waals surface area contributed by atoms with Crippen LogP contribution in [0.4, 0.5) is 21.9 Å². The molecule has 4 N–H and O–H groups in total. The summed E-state index contributed by atoms with van der Waals surface area (Å²) in [4.78, 5) is 34.2. The highest BCUT2D eigenvalue weighted by Gasteiger charge is 2.34. The van der Waals surface area contributed by atoms with Gasteiger partial charge in [-0.15, -0.1) is 11.3 Å². The van der Waals surface area contributed by atoms with Crippen molar-refractivity contribution in [2.24, 2.45) is 5.73 Å². The summed E-state index contributed by atoms with van der Waals surface area (Å²) in [5.74, 6) is 1.68. The topological polar surface area (TPSA) is 110 Å². The number of aryl methyl sites for hydroxylation is 1. The van der Waals surface area contributed by atoms with E-state index in [4.69, 9.17) is 10.5 Å². The van der Waals surface area contributed by atoms with Gasteiger partial charge in [0.25, 0.3) is 0 Å². The Morgan fingerprint density at radius 1 is 1.12 bits per heavy atom. The standard InChI is InChI=1S/C31H31N5O3S/c1-19-18-23(39-22-6-3-2-4-7-22)13-14-24(19)36-25-15-17-33-30-27(25)28(35-31(36)38)29(40-30)20-9-11-21(12-10-20)34-26(37)8-5-16-32/h2-8,13-15,17-18,20-21H,9-12,16,32H2,1H3,(H,34,37)(H,35,38)/b8-5+. The summed E-state index contributed by atoms with van der Waals surface area (Å²) in [6, 6.07) is 17.3. The Labute approximate surface area is 236 Å². The average molecular weight is 554 g/mol. The van der Waals surface area contributed by atoms with Crippen LogP contribution in [-0.4, -0.2) is 29.5 Å². The number of nitrogens with two attached hydrogens (primary N) is 1. The molecule has 3 amide bonds. The van der Waals surface area contributed by atoms with Crippen molar-refractivity contribution in [3.63, 3.8) is 0 Å². The van der Waals surface area contributed by atoms with Gasteiger partial charge in [0, 0.05) is 29.7 Å². The number of aromatic nitrogens is 1. The van der Waals surface area contributed by atoms with Crippen LogP contribution in [0.3, 0.4) is 0 Å². The van der Waals surface area contributed by atoms with E-state index in [0.29, 0.717) is 18.2 Å². The van der Waals surface area contributed by atoms with Gasteiger partial charge in [-0.3, -0.25) is 9.69 Å². The molecule has 1 fully saturated rings. The van der Waals surface area contributed by atoms with E-state index in [1.807, 2.05) is 61.5 Å². The monoisotopic (exact) mass is 553 g/mol. The summed E-state index contributed by atoms with van der Waals surface area (Å²) >= 11 is 1.66. The number of pyridine rings is 1. The zero-order valence-electron chi connectivity index (χ0n) is 22.2. The first-order chi connectivity index (χ1) is 19.5. The minimum atomic E-state index is -0.188. The Kier molecular flexibility index (Phi) is 7.23. The third kappa shape index (κ3) is 5.05. The number of carbonyl (C=O) groups is 2. The highest BCUT2D eigenvalue weighted by atomic mass is 32.1. The van der Waals surface area contributed by atoms with Crippen molar-refractivity contribution < 1.29 is 14.3 Å². The van der Waals surface area contributed by atoms with Gasteiger partial charge < -0.3 is 21.1 Å². The fraction of sp³-hybridized carbons (Fsp3) is 0.258. The Morgan fingerprint density at radius 2 is 1.93 bits per heavy atom. The van der Waals surface area contributed by atoms with Gasteiger partial charge in [-0.2, -0.15) is 0 Å². The normalized spacial score (nSPS) is 18.6. The molecule has 40 heavy (non-hydrogen) atoms. The van der Waals surface area contributed by atoms with Crippen molar-refractivity contribution in [2.75, 3.05) is 16.8 Å². The van der Waals surface area contributed by atoms with Crippen LogP contribution in [0.15, 0.2) is 72.9 Å². The van der Waals surface area contributed by atoms with Crippen LogP contribution in [0.5, 0.6) is 11.5 Å². The lowest BCUT2D eigenvalue weighted by atomic mass is 9.84. The van der Waals surface area contributed by atoms with Crippen molar-refractivity contribution in [1.29, 1.82) is 0 Å². The number of ether oxygens (including phenoxy) is 1. The van der Waals surface area contributed by atoms with Crippen molar-refractivity contribution in [1.82, 2.24) is 10.3 Å². The molecular formula is C31H31N5O3S. The third-order valence-corrected chi connectivity index (χ3v) is 8.77. The maximum absolute atomic E-state index is 13.6. The van der Waals surface area contributed by atoms with Crippen LogP contribution in [-0.2, 0) is 4.79 Å². The molecule has 0 spiro atoms. The molecule has 2 aromatic carbocycles. The number of rotatable bonds is 7. The molecular weight excluding hydrogens is 522 g/mol. The van der Waals surface area contributed by atoms with Crippen LogP contribution in [0.1, 0.15) is 42.0 Å². The van der Waals surface area contributed by atoms with E-state index in [1.54, 1.807) is 28.5 Å². The van der Waals surface area contributed by atoms with E-state index in [-0.39, 0.29) is 18.0 Å². The number of nitrogens with one attached hydrogen (secondary N) is 2. The Morgan fingerprint density at radius 3 is 2.67 bits per heavy atom. The van der Waals surface area contributed by atoms with Gasteiger partial charge in [0.15, 0.2) is 0 Å². The molecule has 2 aliphatic rings. The van der Waals surface area contributed by atoms with Crippen LogP contribution >= 0.6 is 11.3 Å². The number of carbonyl (C=O) groups excluding carboxylic acids is 2. The molecule has 1 aliphatic carbocycles. The lowest BCUT2D eigenvalue weighted by Gasteiger charge is -2.32. The summed E-state index contributed by atoms with van der Waals surface area (Å²) in [7, 11) is 0. The average Bonchev–Trinajstić information content (AvgIpc) is 3.33. The van der Waals surface area contributed by atoms with Crippen molar-refractivity contribution in [3.8, 4) is 11.5 Å². The molecule has 0 saturated heterocycles. The fourth-order valence-electron chi connectivity index (χ4n) is 5.62. The quantitative estimate of drug-likeness (QED) is 0.220. The number of anilines is 3. The fourth-order valence-corrected chi connectivity index (χ4v) is 6.91. The SMILES string of the molecule is Cc1cc(Oc2ccccc2)ccc1N1C(=O)Nc2c(C3CCC(NC(=O)/C=C/CN)CC3)sc3nccc1c23. The smallest absolute Gasteiger partial charge is 0.331 e. The summed E-state index contributed by atoms with van der Waals surface area (Å²) in [6.07, 6.45) is 8.58. The molecule has 0 unspecified atom stereocenters. The number of hydrogen-bond acceptors (Lipinski definition) is 6. The predicted octanol–water partition coefficient (Wildman–Crippen LogP) is 6.74. The van der Waals surface area contributed by atoms with Gasteiger partial charge in [-0.25, -0.2) is 9.78 Å². The lowest BCUT2D eigenvalue weighted by Crippen LogP contribution is -2.37. The Hall–Kier alpha value is -4.21. The number of benzene rings is 2. The minimum absolute atomic E-state index is 0.0954. The molecule has 3 heterocycles. The second-order valence-corrected chi connectivity index (χ2v) is 11.2. The van der Waals surface area contributed by atoms with Crippen LogP contribution in [0.25, 0.3) is 10.2 Å². The molecule has 204 valence electrons. The van der Waals surface area contributed by atoms with E-state index in [1.165, 1.54) is 11.0 Å². The zero-order chi connectivity index (χ0) is 27.6. The molecule has 4 aromatic rings. The number of hydrogen-bond donors (Lipinski definition) is 3. The van der Waals surface area contributed by atoms with Gasteiger partial charge in [0.2, 0.25) is 5.91 Å². The number of para-hydroxylation sites is 1. The number of thiophene rings is 1. The first-order valence-corrected chi connectivity index (χ1v) is 14.4. The number of amides is 3. The highest BCUT2D eigenvalue weighted by molar-refractivity contribution is 7.19. The van der Waals surface area contributed by atoms with Crippen LogP contribution in [0, 0.1) is 6.92 Å². The summed E-state index contributed by atoms with van der Waals surface area (Å²) in [5.41, 5.74) is 8.88. The molecule has 9 heteroatoms. The molecule has 0 radical (unpaired) electrons. The number of nitrogens with zero attached hydrogens (tertiary/aromatic N) is 2. The molecule has 1 saturated carbocycles. The summed E-state index contributed by atoms with van der Waals surface area (Å²) in [6.45, 7) is 2.33.